The molecule has 18 heavy (non-hydrogen) atoms. The van der Waals surface area contributed by atoms with Gasteiger partial charge >= 0.3 is 0 Å². The lowest BCUT2D eigenvalue weighted by Crippen LogP contribution is -2.33. The van der Waals surface area contributed by atoms with Gasteiger partial charge in [-0.3, -0.25) is 10.1 Å². The van der Waals surface area contributed by atoms with Crippen molar-refractivity contribution >= 4 is 17.2 Å². The number of rotatable bonds is 6. The molecule has 1 N–H and O–H groups in total. The molecule has 100 valence electrons. The Balaban J connectivity index is 1.86. The van der Waals surface area contributed by atoms with Crippen molar-refractivity contribution in [1.29, 1.82) is 0 Å². The van der Waals surface area contributed by atoms with Gasteiger partial charge in [0, 0.05) is 13.2 Å². The molecule has 0 aromatic carbocycles. The van der Waals surface area contributed by atoms with E-state index in [1.54, 1.807) is 11.3 Å². The number of ether oxygens (including phenoxy) is 1. The van der Waals surface area contributed by atoms with Crippen molar-refractivity contribution in [2.45, 2.75) is 20.0 Å². The molecule has 1 saturated heterocycles. The first-order valence-electron chi connectivity index (χ1n) is 6.31. The molecule has 0 radical (unpaired) electrons. The van der Waals surface area contributed by atoms with Gasteiger partial charge in [-0.1, -0.05) is 13.8 Å². The van der Waals surface area contributed by atoms with E-state index < -0.39 is 0 Å². The number of hydrogen-bond donors (Lipinski definition) is 1. The van der Waals surface area contributed by atoms with Gasteiger partial charge in [-0.2, -0.15) is 11.3 Å². The summed E-state index contributed by atoms with van der Waals surface area (Å²) in [6, 6.07) is 2.06. The minimum Gasteiger partial charge on any atom is -0.379 e. The van der Waals surface area contributed by atoms with Crippen molar-refractivity contribution in [3.63, 3.8) is 0 Å². The Kier molecular flexibility index (Phi) is 4.74. The van der Waals surface area contributed by atoms with E-state index in [0.29, 0.717) is 25.6 Å². The maximum absolute atomic E-state index is 11.8. The summed E-state index contributed by atoms with van der Waals surface area (Å²) in [5, 5.41) is 7.35. The Morgan fingerprint density at radius 1 is 1.61 bits per heavy atom. The van der Waals surface area contributed by atoms with Crippen LogP contribution < -0.4 is 5.32 Å². The van der Waals surface area contributed by atoms with Gasteiger partial charge in [0.1, 0.15) is 6.17 Å². The Labute approximate surface area is 112 Å². The maximum atomic E-state index is 11.8. The number of amides is 1. The van der Waals surface area contributed by atoms with Gasteiger partial charge < -0.3 is 9.64 Å². The largest absolute Gasteiger partial charge is 0.379 e. The molecular formula is C13H20N2O2S. The van der Waals surface area contributed by atoms with Crippen LogP contribution in [0, 0.1) is 5.92 Å². The highest BCUT2D eigenvalue weighted by molar-refractivity contribution is 7.07. The fraction of sp³-hybridized carbons (Fsp3) is 0.615. The topological polar surface area (TPSA) is 41.6 Å². The SMILES string of the molecule is CC(C)COCCN1C(=O)CNC1c1ccsc1. The molecule has 1 aromatic heterocycles. The summed E-state index contributed by atoms with van der Waals surface area (Å²) >= 11 is 1.65. The summed E-state index contributed by atoms with van der Waals surface area (Å²) in [6.45, 7) is 6.67. The highest BCUT2D eigenvalue weighted by atomic mass is 32.1. The molecule has 2 rings (SSSR count). The van der Waals surface area contributed by atoms with Gasteiger partial charge in [0.2, 0.25) is 5.91 Å². The van der Waals surface area contributed by atoms with E-state index in [1.807, 2.05) is 10.3 Å². The fourth-order valence-corrected chi connectivity index (χ4v) is 2.68. The van der Waals surface area contributed by atoms with Crippen LogP contribution in [0.5, 0.6) is 0 Å². The second-order valence-electron chi connectivity index (χ2n) is 4.90. The third-order valence-corrected chi connectivity index (χ3v) is 3.57. The second-order valence-corrected chi connectivity index (χ2v) is 5.68. The molecule has 4 nitrogen and oxygen atoms in total. The molecule has 1 fully saturated rings. The van der Waals surface area contributed by atoms with Gasteiger partial charge in [0.05, 0.1) is 13.2 Å². The van der Waals surface area contributed by atoms with Crippen molar-refractivity contribution in [2.75, 3.05) is 26.3 Å². The van der Waals surface area contributed by atoms with E-state index in [0.717, 1.165) is 12.2 Å². The first kappa shape index (κ1) is 13.5. The second kappa shape index (κ2) is 6.31. The summed E-state index contributed by atoms with van der Waals surface area (Å²) in [6.07, 6.45) is 0.0198. The zero-order valence-electron chi connectivity index (χ0n) is 10.9. The van der Waals surface area contributed by atoms with E-state index in [2.05, 4.69) is 30.6 Å². The van der Waals surface area contributed by atoms with Crippen molar-refractivity contribution in [1.82, 2.24) is 10.2 Å². The van der Waals surface area contributed by atoms with Crippen LogP contribution in [0.2, 0.25) is 0 Å². The van der Waals surface area contributed by atoms with Gasteiger partial charge in [-0.25, -0.2) is 0 Å². The molecular weight excluding hydrogens is 248 g/mol. The molecule has 1 amide bonds. The van der Waals surface area contributed by atoms with Crippen molar-refractivity contribution in [3.8, 4) is 0 Å². The van der Waals surface area contributed by atoms with Crippen molar-refractivity contribution in [3.05, 3.63) is 22.4 Å². The third-order valence-electron chi connectivity index (χ3n) is 2.87. The summed E-state index contributed by atoms with van der Waals surface area (Å²) in [5.74, 6) is 0.685. The minimum absolute atomic E-state index is 0.0198. The average Bonchev–Trinajstić information content (AvgIpc) is 2.94. The minimum atomic E-state index is 0.0198. The molecule has 5 heteroatoms. The van der Waals surface area contributed by atoms with Crippen LogP contribution in [-0.2, 0) is 9.53 Å². The molecule has 2 heterocycles. The van der Waals surface area contributed by atoms with Crippen LogP contribution >= 0.6 is 11.3 Å². The molecule has 1 aliphatic rings. The maximum Gasteiger partial charge on any atom is 0.238 e. The molecule has 0 spiro atoms. The van der Waals surface area contributed by atoms with Gasteiger partial charge in [0.15, 0.2) is 0 Å². The molecule has 1 aliphatic heterocycles. The molecule has 0 saturated carbocycles. The number of carbonyl (C=O) groups excluding carboxylic acids is 1. The lowest BCUT2D eigenvalue weighted by atomic mass is 10.2. The zero-order chi connectivity index (χ0) is 13.0. The van der Waals surface area contributed by atoms with E-state index in [4.69, 9.17) is 4.74 Å². The molecule has 1 atom stereocenters. The number of nitrogens with one attached hydrogen (secondary N) is 1. The van der Waals surface area contributed by atoms with E-state index in [9.17, 15) is 4.79 Å². The molecule has 0 bridgehead atoms. The van der Waals surface area contributed by atoms with Gasteiger partial charge in [-0.15, -0.1) is 0 Å². The van der Waals surface area contributed by atoms with E-state index in [1.165, 1.54) is 0 Å². The predicted octanol–water partition coefficient (Wildman–Crippen LogP) is 1.85. The first-order chi connectivity index (χ1) is 8.68. The van der Waals surface area contributed by atoms with Crippen LogP contribution in [0.4, 0.5) is 0 Å². The predicted molar refractivity (Wildman–Crippen MR) is 72.4 cm³/mol. The van der Waals surface area contributed by atoms with Crippen LogP contribution in [0.25, 0.3) is 0 Å². The summed E-state index contributed by atoms with van der Waals surface area (Å²) in [5.41, 5.74) is 1.16. The van der Waals surface area contributed by atoms with Crippen molar-refractivity contribution < 1.29 is 9.53 Å². The standard InChI is InChI=1S/C13H20N2O2S/c1-10(2)8-17-5-4-15-12(16)7-14-13(15)11-3-6-18-9-11/h3,6,9-10,13-14H,4-5,7-8H2,1-2H3. The number of carbonyl (C=O) groups is 1. The van der Waals surface area contributed by atoms with E-state index >= 15 is 0 Å². The van der Waals surface area contributed by atoms with Crippen LogP contribution in [-0.4, -0.2) is 37.1 Å². The number of hydrogen-bond acceptors (Lipinski definition) is 4. The molecule has 1 unspecified atom stereocenters. The fourth-order valence-electron chi connectivity index (χ4n) is 2.00. The summed E-state index contributed by atoms with van der Waals surface area (Å²) < 4.78 is 5.55. The van der Waals surface area contributed by atoms with Crippen LogP contribution in [0.3, 0.4) is 0 Å². The van der Waals surface area contributed by atoms with E-state index in [-0.39, 0.29) is 12.1 Å². The number of thiophene rings is 1. The normalized spacial score (nSPS) is 20.1. The highest BCUT2D eigenvalue weighted by Gasteiger charge is 2.31. The van der Waals surface area contributed by atoms with Crippen LogP contribution in [0.15, 0.2) is 16.8 Å². The lowest BCUT2D eigenvalue weighted by molar-refractivity contribution is -0.128. The Morgan fingerprint density at radius 3 is 3.11 bits per heavy atom. The quantitative estimate of drug-likeness (QED) is 0.801. The smallest absolute Gasteiger partial charge is 0.238 e. The Hall–Kier alpha value is -0.910. The monoisotopic (exact) mass is 268 g/mol. The van der Waals surface area contributed by atoms with Crippen molar-refractivity contribution in [2.24, 2.45) is 5.92 Å². The highest BCUT2D eigenvalue weighted by Crippen LogP contribution is 2.23. The lowest BCUT2D eigenvalue weighted by Gasteiger charge is -2.23. The zero-order valence-corrected chi connectivity index (χ0v) is 11.7. The molecule has 0 aliphatic carbocycles. The summed E-state index contributed by atoms with van der Waals surface area (Å²) in [4.78, 5) is 13.7. The average molecular weight is 268 g/mol. The Bertz CT molecular complexity index is 378. The van der Waals surface area contributed by atoms with Gasteiger partial charge in [0.25, 0.3) is 0 Å². The number of nitrogens with zero attached hydrogens (tertiary/aromatic N) is 1. The Morgan fingerprint density at radius 2 is 2.44 bits per heavy atom. The molecule has 1 aromatic rings. The van der Waals surface area contributed by atoms with Gasteiger partial charge in [-0.05, 0) is 28.3 Å². The third kappa shape index (κ3) is 3.31. The first-order valence-corrected chi connectivity index (χ1v) is 7.25. The van der Waals surface area contributed by atoms with Crippen LogP contribution in [0.1, 0.15) is 25.6 Å². The summed E-state index contributed by atoms with van der Waals surface area (Å²) in [7, 11) is 0.